The van der Waals surface area contributed by atoms with Crippen molar-refractivity contribution in [3.8, 4) is 0 Å². The van der Waals surface area contributed by atoms with Gasteiger partial charge < -0.3 is 5.32 Å². The second kappa shape index (κ2) is 5.46. The maximum Gasteiger partial charge on any atom is 0.0894 e. The summed E-state index contributed by atoms with van der Waals surface area (Å²) in [4.78, 5) is 0. The lowest BCUT2D eigenvalue weighted by Gasteiger charge is -2.07. The minimum Gasteiger partial charge on any atom is -0.378 e. The number of para-hydroxylation sites is 1. The molecule has 3 aromatic rings. The highest BCUT2D eigenvalue weighted by Gasteiger charge is 2.08. The van der Waals surface area contributed by atoms with E-state index in [4.69, 9.17) is 11.6 Å². The Morgan fingerprint density at radius 3 is 2.85 bits per heavy atom. The van der Waals surface area contributed by atoms with Crippen LogP contribution in [0.25, 0.3) is 10.9 Å². The van der Waals surface area contributed by atoms with Crippen LogP contribution in [-0.2, 0) is 13.6 Å². The van der Waals surface area contributed by atoms with E-state index < -0.39 is 0 Å². The monoisotopic (exact) mass is 349 g/mol. The van der Waals surface area contributed by atoms with Crippen molar-refractivity contribution in [1.82, 2.24) is 9.78 Å². The molecule has 0 unspecified atom stereocenters. The smallest absolute Gasteiger partial charge is 0.0894 e. The number of anilines is 1. The van der Waals surface area contributed by atoms with Crippen LogP contribution in [0.2, 0.25) is 5.02 Å². The van der Waals surface area contributed by atoms with E-state index in [1.165, 1.54) is 5.39 Å². The van der Waals surface area contributed by atoms with Gasteiger partial charge >= 0.3 is 0 Å². The maximum atomic E-state index is 5.94. The Hall–Kier alpha value is -1.52. The highest BCUT2D eigenvalue weighted by atomic mass is 79.9. The number of aromatic nitrogens is 2. The SMILES string of the molecule is Cn1nc(CNc2ccc(Cl)cc2Br)c2ccccc21. The molecule has 102 valence electrons. The summed E-state index contributed by atoms with van der Waals surface area (Å²) in [6, 6.07) is 13.9. The lowest BCUT2D eigenvalue weighted by atomic mass is 10.2. The van der Waals surface area contributed by atoms with Crippen molar-refractivity contribution < 1.29 is 0 Å². The van der Waals surface area contributed by atoms with Crippen LogP contribution in [0.15, 0.2) is 46.9 Å². The van der Waals surface area contributed by atoms with Gasteiger partial charge in [0.05, 0.1) is 17.8 Å². The largest absolute Gasteiger partial charge is 0.378 e. The zero-order valence-corrected chi connectivity index (χ0v) is 13.2. The molecule has 0 atom stereocenters. The average Bonchev–Trinajstić information content (AvgIpc) is 2.75. The van der Waals surface area contributed by atoms with E-state index in [9.17, 15) is 0 Å². The Labute approximate surface area is 130 Å². The Morgan fingerprint density at radius 2 is 2.05 bits per heavy atom. The Morgan fingerprint density at radius 1 is 1.25 bits per heavy atom. The second-order valence-electron chi connectivity index (χ2n) is 4.57. The quantitative estimate of drug-likeness (QED) is 0.748. The van der Waals surface area contributed by atoms with E-state index >= 15 is 0 Å². The van der Waals surface area contributed by atoms with Gasteiger partial charge in [0.2, 0.25) is 0 Å². The standard InChI is InChI=1S/C15H13BrClN3/c1-20-15-5-3-2-4-11(15)14(19-20)9-18-13-7-6-10(17)8-12(13)16/h2-8,18H,9H2,1H3. The molecule has 0 aliphatic rings. The molecule has 0 amide bonds. The first kappa shape index (κ1) is 13.5. The minimum atomic E-state index is 0.668. The summed E-state index contributed by atoms with van der Waals surface area (Å²) in [7, 11) is 1.96. The predicted octanol–water partition coefficient (Wildman–Crippen LogP) is 4.60. The third-order valence-corrected chi connectivity index (χ3v) is 4.10. The zero-order valence-electron chi connectivity index (χ0n) is 10.9. The molecule has 0 bridgehead atoms. The van der Waals surface area contributed by atoms with Crippen molar-refractivity contribution in [2.45, 2.75) is 6.54 Å². The van der Waals surface area contributed by atoms with Crippen LogP contribution >= 0.6 is 27.5 Å². The molecule has 3 rings (SSSR count). The van der Waals surface area contributed by atoms with E-state index in [1.807, 2.05) is 42.1 Å². The lowest BCUT2D eigenvalue weighted by Crippen LogP contribution is -2.02. The van der Waals surface area contributed by atoms with Crippen LogP contribution in [0.3, 0.4) is 0 Å². The topological polar surface area (TPSA) is 29.9 Å². The fraction of sp³-hybridized carbons (Fsp3) is 0.133. The van der Waals surface area contributed by atoms with Crippen molar-refractivity contribution in [3.63, 3.8) is 0 Å². The molecule has 2 aromatic carbocycles. The van der Waals surface area contributed by atoms with Crippen molar-refractivity contribution in [1.29, 1.82) is 0 Å². The van der Waals surface area contributed by atoms with Crippen molar-refractivity contribution >= 4 is 44.1 Å². The molecule has 0 radical (unpaired) electrons. The van der Waals surface area contributed by atoms with E-state index in [0.29, 0.717) is 11.6 Å². The molecule has 1 N–H and O–H groups in total. The molecule has 0 aliphatic carbocycles. The van der Waals surface area contributed by atoms with Gasteiger partial charge in [0, 0.05) is 27.6 Å². The molecule has 0 spiro atoms. The summed E-state index contributed by atoms with van der Waals surface area (Å²) in [5.74, 6) is 0. The Kier molecular flexibility index (Phi) is 3.68. The van der Waals surface area contributed by atoms with E-state index in [1.54, 1.807) is 0 Å². The van der Waals surface area contributed by atoms with E-state index in [0.717, 1.165) is 21.4 Å². The number of hydrogen-bond donors (Lipinski definition) is 1. The van der Waals surface area contributed by atoms with Gasteiger partial charge in [-0.2, -0.15) is 5.10 Å². The summed E-state index contributed by atoms with van der Waals surface area (Å²) in [6.07, 6.45) is 0. The Bertz CT molecular complexity index is 767. The Balaban J connectivity index is 1.87. The van der Waals surface area contributed by atoms with Gasteiger partial charge in [-0.3, -0.25) is 4.68 Å². The molecule has 0 aliphatic heterocycles. The number of halogens is 2. The van der Waals surface area contributed by atoms with Gasteiger partial charge in [0.15, 0.2) is 0 Å². The first-order chi connectivity index (χ1) is 9.65. The molecular weight excluding hydrogens is 338 g/mol. The van der Waals surface area contributed by atoms with Crippen LogP contribution in [0.5, 0.6) is 0 Å². The first-order valence-electron chi connectivity index (χ1n) is 6.24. The van der Waals surface area contributed by atoms with Gasteiger partial charge in [-0.05, 0) is 40.2 Å². The van der Waals surface area contributed by atoms with Crippen molar-refractivity contribution in [2.75, 3.05) is 5.32 Å². The number of benzene rings is 2. The van der Waals surface area contributed by atoms with Crippen LogP contribution in [-0.4, -0.2) is 9.78 Å². The van der Waals surface area contributed by atoms with E-state index in [-0.39, 0.29) is 0 Å². The highest BCUT2D eigenvalue weighted by molar-refractivity contribution is 9.10. The molecule has 5 heteroatoms. The van der Waals surface area contributed by atoms with E-state index in [2.05, 4.69) is 38.5 Å². The summed E-state index contributed by atoms with van der Waals surface area (Å²) in [6.45, 7) is 0.668. The summed E-state index contributed by atoms with van der Waals surface area (Å²) < 4.78 is 2.86. The van der Waals surface area contributed by atoms with Crippen molar-refractivity contribution in [3.05, 3.63) is 57.7 Å². The van der Waals surface area contributed by atoms with Crippen LogP contribution in [0.4, 0.5) is 5.69 Å². The molecule has 1 heterocycles. The minimum absolute atomic E-state index is 0.668. The third kappa shape index (κ3) is 2.53. The summed E-state index contributed by atoms with van der Waals surface area (Å²) in [5.41, 5.74) is 3.17. The molecule has 0 fully saturated rings. The van der Waals surface area contributed by atoms with Gasteiger partial charge in [-0.25, -0.2) is 0 Å². The molecule has 0 saturated carbocycles. The maximum absolute atomic E-state index is 5.94. The fourth-order valence-corrected chi connectivity index (χ4v) is 3.05. The second-order valence-corrected chi connectivity index (χ2v) is 5.86. The normalized spacial score (nSPS) is 10.9. The summed E-state index contributed by atoms with van der Waals surface area (Å²) >= 11 is 9.45. The average molecular weight is 351 g/mol. The number of nitrogens with one attached hydrogen (secondary N) is 1. The van der Waals surface area contributed by atoms with Gasteiger partial charge in [-0.15, -0.1) is 0 Å². The molecule has 20 heavy (non-hydrogen) atoms. The molecule has 1 aromatic heterocycles. The van der Waals surface area contributed by atoms with Gasteiger partial charge in [0.25, 0.3) is 0 Å². The number of rotatable bonds is 3. The number of fused-ring (bicyclic) bond motifs is 1. The molecular formula is C15H13BrClN3. The number of hydrogen-bond acceptors (Lipinski definition) is 2. The van der Waals surface area contributed by atoms with Crippen molar-refractivity contribution in [2.24, 2.45) is 7.05 Å². The van der Waals surface area contributed by atoms with Crippen LogP contribution in [0.1, 0.15) is 5.69 Å². The molecule has 0 saturated heterocycles. The number of aryl methyl sites for hydroxylation is 1. The lowest BCUT2D eigenvalue weighted by molar-refractivity contribution is 0.771. The number of nitrogens with zero attached hydrogens (tertiary/aromatic N) is 2. The highest BCUT2D eigenvalue weighted by Crippen LogP contribution is 2.27. The molecule has 3 nitrogen and oxygen atoms in total. The van der Waals surface area contributed by atoms with Gasteiger partial charge in [-0.1, -0.05) is 29.8 Å². The first-order valence-corrected chi connectivity index (χ1v) is 7.42. The van der Waals surface area contributed by atoms with Crippen LogP contribution in [0, 0.1) is 0 Å². The third-order valence-electron chi connectivity index (χ3n) is 3.21. The fourth-order valence-electron chi connectivity index (χ4n) is 2.23. The van der Waals surface area contributed by atoms with Gasteiger partial charge in [0.1, 0.15) is 0 Å². The summed E-state index contributed by atoms with van der Waals surface area (Å²) in [5, 5.41) is 9.83. The zero-order chi connectivity index (χ0) is 14.1. The predicted molar refractivity (Wildman–Crippen MR) is 87.2 cm³/mol. The van der Waals surface area contributed by atoms with Crippen LogP contribution < -0.4 is 5.32 Å².